The molecule has 2 aliphatic rings. The van der Waals surface area contributed by atoms with Gasteiger partial charge in [0.1, 0.15) is 0 Å². The van der Waals surface area contributed by atoms with Crippen LogP contribution in [0.15, 0.2) is 16.7 Å². The Morgan fingerprint density at radius 2 is 1.96 bits per heavy atom. The second-order valence-electron chi connectivity index (χ2n) is 7.24. The van der Waals surface area contributed by atoms with E-state index in [-0.39, 0.29) is 18.4 Å². The summed E-state index contributed by atoms with van der Waals surface area (Å²) in [7, 11) is 4.64. The van der Waals surface area contributed by atoms with Crippen LogP contribution >= 0.6 is 0 Å². The molecule has 1 aliphatic carbocycles. The molecular formula is C20H25N3O5. The lowest BCUT2D eigenvalue weighted by Crippen LogP contribution is -2.36. The molecule has 1 aliphatic heterocycles. The third-order valence-electron chi connectivity index (χ3n) is 5.47. The number of hydrogen-bond donors (Lipinski definition) is 0. The normalized spacial score (nSPS) is 19.2. The Morgan fingerprint density at radius 3 is 2.64 bits per heavy atom. The minimum absolute atomic E-state index is 0.160. The third-order valence-corrected chi connectivity index (χ3v) is 5.47. The van der Waals surface area contributed by atoms with Crippen molar-refractivity contribution in [2.45, 2.75) is 44.2 Å². The summed E-state index contributed by atoms with van der Waals surface area (Å²) < 4.78 is 21.3. The van der Waals surface area contributed by atoms with E-state index in [4.69, 9.17) is 18.7 Å². The van der Waals surface area contributed by atoms with Crippen molar-refractivity contribution in [1.82, 2.24) is 15.0 Å². The van der Waals surface area contributed by atoms with Crippen LogP contribution in [-0.4, -0.2) is 48.9 Å². The van der Waals surface area contributed by atoms with Crippen LogP contribution in [0.1, 0.15) is 54.1 Å². The SMILES string of the molecule is COC(=O)C[C@@H]1c2cc(OC)c(OC)cc2CCN1Cc1nc(C2CC2)no1. The van der Waals surface area contributed by atoms with Gasteiger partial charge in [-0.3, -0.25) is 9.69 Å². The average molecular weight is 387 g/mol. The number of fused-ring (bicyclic) bond motifs is 1. The van der Waals surface area contributed by atoms with Gasteiger partial charge in [-0.2, -0.15) is 4.98 Å². The van der Waals surface area contributed by atoms with Gasteiger partial charge in [-0.15, -0.1) is 0 Å². The number of carbonyl (C=O) groups is 1. The van der Waals surface area contributed by atoms with Gasteiger partial charge in [-0.25, -0.2) is 0 Å². The van der Waals surface area contributed by atoms with Crippen molar-refractivity contribution in [1.29, 1.82) is 0 Å². The van der Waals surface area contributed by atoms with Crippen LogP contribution in [0.25, 0.3) is 0 Å². The smallest absolute Gasteiger partial charge is 0.307 e. The summed E-state index contributed by atoms with van der Waals surface area (Å²) in [6.45, 7) is 1.26. The number of nitrogens with zero attached hydrogens (tertiary/aromatic N) is 3. The molecule has 1 aromatic carbocycles. The molecule has 0 N–H and O–H groups in total. The highest BCUT2D eigenvalue weighted by Gasteiger charge is 2.33. The number of ether oxygens (including phenoxy) is 3. The quantitative estimate of drug-likeness (QED) is 0.670. The first kappa shape index (κ1) is 18.7. The first-order valence-electron chi connectivity index (χ1n) is 9.51. The number of carbonyl (C=O) groups excluding carboxylic acids is 1. The van der Waals surface area contributed by atoms with E-state index in [2.05, 4.69) is 15.0 Å². The Labute approximate surface area is 163 Å². The van der Waals surface area contributed by atoms with E-state index in [9.17, 15) is 4.79 Å². The summed E-state index contributed by atoms with van der Waals surface area (Å²) in [5.74, 6) is 2.90. The maximum Gasteiger partial charge on any atom is 0.307 e. The lowest BCUT2D eigenvalue weighted by atomic mass is 9.90. The van der Waals surface area contributed by atoms with Gasteiger partial charge in [-0.1, -0.05) is 5.16 Å². The summed E-state index contributed by atoms with van der Waals surface area (Å²) in [6, 6.07) is 3.79. The van der Waals surface area contributed by atoms with Crippen molar-refractivity contribution in [3.8, 4) is 11.5 Å². The molecule has 1 fully saturated rings. The zero-order valence-corrected chi connectivity index (χ0v) is 16.4. The molecule has 0 amide bonds. The molecule has 0 spiro atoms. The monoisotopic (exact) mass is 387 g/mol. The van der Waals surface area contributed by atoms with E-state index in [1.54, 1.807) is 14.2 Å². The highest BCUT2D eigenvalue weighted by atomic mass is 16.5. The molecule has 0 bridgehead atoms. The van der Waals surface area contributed by atoms with Crippen molar-refractivity contribution < 1.29 is 23.5 Å². The highest BCUT2D eigenvalue weighted by Crippen LogP contribution is 2.41. The van der Waals surface area contributed by atoms with Crippen LogP contribution in [0.4, 0.5) is 0 Å². The van der Waals surface area contributed by atoms with Gasteiger partial charge in [0.05, 0.1) is 34.3 Å². The first-order chi connectivity index (χ1) is 13.6. The number of hydrogen-bond acceptors (Lipinski definition) is 8. The van der Waals surface area contributed by atoms with Gasteiger partial charge in [0, 0.05) is 18.5 Å². The van der Waals surface area contributed by atoms with E-state index in [1.165, 1.54) is 7.11 Å². The molecule has 1 saturated carbocycles. The minimum Gasteiger partial charge on any atom is -0.493 e. The third kappa shape index (κ3) is 3.69. The van der Waals surface area contributed by atoms with E-state index in [1.807, 2.05) is 12.1 Å². The van der Waals surface area contributed by atoms with E-state index >= 15 is 0 Å². The van der Waals surface area contributed by atoms with Crippen molar-refractivity contribution in [2.75, 3.05) is 27.9 Å². The molecule has 8 nitrogen and oxygen atoms in total. The van der Waals surface area contributed by atoms with Gasteiger partial charge < -0.3 is 18.7 Å². The lowest BCUT2D eigenvalue weighted by molar-refractivity contribution is -0.142. The Kier molecular flexibility index (Phi) is 5.21. The van der Waals surface area contributed by atoms with Crippen LogP contribution < -0.4 is 9.47 Å². The van der Waals surface area contributed by atoms with Crippen LogP contribution in [0, 0.1) is 0 Å². The summed E-state index contributed by atoms with van der Waals surface area (Å²) in [6.07, 6.45) is 3.32. The lowest BCUT2D eigenvalue weighted by Gasteiger charge is -2.36. The molecule has 2 heterocycles. The fraction of sp³-hybridized carbons (Fsp3) is 0.550. The number of rotatable bonds is 7. The standard InChI is InChI=1S/C20H25N3O5/c1-25-16-8-13-6-7-23(11-18-21-20(22-28-18)12-4-5-12)15(10-19(24)27-3)14(13)9-17(16)26-2/h8-9,12,15H,4-7,10-11H2,1-3H3/t15-/m1/s1. The maximum atomic E-state index is 12.1. The molecule has 28 heavy (non-hydrogen) atoms. The zero-order chi connectivity index (χ0) is 19.7. The Balaban J connectivity index is 1.63. The largest absolute Gasteiger partial charge is 0.493 e. The van der Waals surface area contributed by atoms with E-state index in [0.29, 0.717) is 29.9 Å². The molecule has 8 heteroatoms. The fourth-order valence-electron chi connectivity index (χ4n) is 3.76. The van der Waals surface area contributed by atoms with E-state index in [0.717, 1.165) is 42.8 Å². The van der Waals surface area contributed by atoms with Gasteiger partial charge in [0.2, 0.25) is 5.89 Å². The fourth-order valence-corrected chi connectivity index (χ4v) is 3.76. The number of benzene rings is 1. The van der Waals surface area contributed by atoms with Gasteiger partial charge in [0.15, 0.2) is 17.3 Å². The summed E-state index contributed by atoms with van der Waals surface area (Å²) in [5, 5.41) is 4.10. The summed E-state index contributed by atoms with van der Waals surface area (Å²) in [5.41, 5.74) is 2.18. The maximum absolute atomic E-state index is 12.1. The van der Waals surface area contributed by atoms with Crippen LogP contribution in [0.3, 0.4) is 0 Å². The number of aromatic nitrogens is 2. The second kappa shape index (κ2) is 7.79. The molecule has 2 aromatic rings. The summed E-state index contributed by atoms with van der Waals surface area (Å²) in [4.78, 5) is 18.8. The second-order valence-corrected chi connectivity index (χ2v) is 7.24. The van der Waals surface area contributed by atoms with Crippen molar-refractivity contribution >= 4 is 5.97 Å². The molecule has 0 unspecified atom stereocenters. The molecule has 150 valence electrons. The molecular weight excluding hydrogens is 362 g/mol. The zero-order valence-electron chi connectivity index (χ0n) is 16.4. The van der Waals surface area contributed by atoms with Crippen LogP contribution in [-0.2, 0) is 22.5 Å². The first-order valence-corrected chi connectivity index (χ1v) is 9.51. The number of esters is 1. The molecule has 4 rings (SSSR count). The Bertz CT molecular complexity index is 862. The number of methoxy groups -OCH3 is 3. The topological polar surface area (TPSA) is 86.9 Å². The van der Waals surface area contributed by atoms with Crippen LogP contribution in [0.5, 0.6) is 11.5 Å². The summed E-state index contributed by atoms with van der Waals surface area (Å²) >= 11 is 0. The average Bonchev–Trinajstić information content (AvgIpc) is 3.47. The van der Waals surface area contributed by atoms with Gasteiger partial charge >= 0.3 is 5.97 Å². The predicted octanol–water partition coefficient (Wildman–Crippen LogP) is 2.63. The van der Waals surface area contributed by atoms with E-state index < -0.39 is 0 Å². The molecule has 0 radical (unpaired) electrons. The van der Waals surface area contributed by atoms with Gasteiger partial charge in [0.25, 0.3) is 0 Å². The van der Waals surface area contributed by atoms with Crippen molar-refractivity contribution in [2.24, 2.45) is 0 Å². The predicted molar refractivity (Wildman–Crippen MR) is 99.3 cm³/mol. The van der Waals surface area contributed by atoms with Crippen molar-refractivity contribution in [3.63, 3.8) is 0 Å². The Morgan fingerprint density at radius 1 is 1.21 bits per heavy atom. The van der Waals surface area contributed by atoms with Crippen molar-refractivity contribution in [3.05, 3.63) is 35.0 Å². The highest BCUT2D eigenvalue weighted by molar-refractivity contribution is 5.70. The molecule has 0 saturated heterocycles. The Hall–Kier alpha value is -2.61. The van der Waals surface area contributed by atoms with Crippen LogP contribution in [0.2, 0.25) is 0 Å². The van der Waals surface area contributed by atoms with Gasteiger partial charge in [-0.05, 0) is 42.5 Å². The minimum atomic E-state index is -0.262. The molecule has 1 atom stereocenters. The molecule has 1 aromatic heterocycles.